The van der Waals surface area contributed by atoms with E-state index >= 15 is 0 Å². The molecule has 1 atom stereocenters. The number of para-hydroxylation sites is 1. The molecule has 0 spiro atoms. The molecule has 1 N–H and O–H groups in total. The van der Waals surface area contributed by atoms with E-state index in [9.17, 15) is 4.79 Å². The maximum absolute atomic E-state index is 13.0. The van der Waals surface area contributed by atoms with Crippen molar-refractivity contribution < 1.29 is 4.79 Å². The molecule has 0 radical (unpaired) electrons. The number of benzene rings is 2. The molecule has 0 saturated heterocycles. The molecule has 2 aliphatic rings. The van der Waals surface area contributed by atoms with Gasteiger partial charge in [-0.3, -0.25) is 9.58 Å². The third-order valence-corrected chi connectivity index (χ3v) is 5.87. The average molecular weight is 372 g/mol. The molecule has 1 aliphatic carbocycles. The third kappa shape index (κ3) is 3.07. The molecule has 1 aliphatic heterocycles. The Balaban J connectivity index is 1.34. The summed E-state index contributed by atoms with van der Waals surface area (Å²) >= 11 is 0. The molecule has 3 aromatic rings. The molecule has 28 heavy (non-hydrogen) atoms. The first-order chi connectivity index (χ1) is 13.8. The van der Waals surface area contributed by atoms with Crippen LogP contribution < -0.4 is 10.2 Å². The summed E-state index contributed by atoms with van der Waals surface area (Å²) in [6.45, 7) is 1.52. The summed E-state index contributed by atoms with van der Waals surface area (Å²) in [5.41, 5.74) is 5.95. The maximum Gasteiger partial charge on any atom is 0.322 e. The van der Waals surface area contributed by atoms with Gasteiger partial charge in [0.15, 0.2) is 0 Å². The van der Waals surface area contributed by atoms with Gasteiger partial charge in [0, 0.05) is 23.5 Å². The number of nitrogens with zero attached hydrogens (tertiary/aromatic N) is 3. The van der Waals surface area contributed by atoms with Crippen molar-refractivity contribution in [3.05, 3.63) is 83.2 Å². The number of aromatic nitrogens is 2. The van der Waals surface area contributed by atoms with E-state index in [1.807, 2.05) is 35.4 Å². The Morgan fingerprint density at radius 1 is 1.07 bits per heavy atom. The van der Waals surface area contributed by atoms with Gasteiger partial charge in [-0.2, -0.15) is 5.10 Å². The number of amides is 2. The van der Waals surface area contributed by atoms with Gasteiger partial charge >= 0.3 is 6.03 Å². The van der Waals surface area contributed by atoms with Gasteiger partial charge in [-0.1, -0.05) is 48.5 Å². The lowest BCUT2D eigenvalue weighted by atomic mass is 9.93. The Kier molecular flexibility index (Phi) is 4.35. The van der Waals surface area contributed by atoms with Crippen molar-refractivity contribution in [1.82, 2.24) is 15.1 Å². The van der Waals surface area contributed by atoms with Crippen molar-refractivity contribution in [2.24, 2.45) is 0 Å². The second kappa shape index (κ2) is 7.15. The standard InChI is InChI=1S/C23H24N4O/c28-23(26-14-13-18-9-4-5-11-21(18)26)25-20-10-6-12-22-19(20)15-24-27(22)16-17-7-2-1-3-8-17/h1-5,7-9,11,15,20H,6,10,12-14,16H2,(H,25,28). The molecular weight excluding hydrogens is 348 g/mol. The molecule has 1 aromatic heterocycles. The van der Waals surface area contributed by atoms with Crippen LogP contribution in [0.25, 0.3) is 0 Å². The SMILES string of the molecule is O=C(NC1CCCc2c1cnn2Cc1ccccc1)N1CCc2ccccc21. The van der Waals surface area contributed by atoms with Gasteiger partial charge in [-0.05, 0) is 42.9 Å². The Morgan fingerprint density at radius 3 is 2.79 bits per heavy atom. The van der Waals surface area contributed by atoms with E-state index in [2.05, 4.69) is 45.4 Å². The predicted octanol–water partition coefficient (Wildman–Crippen LogP) is 4.08. The van der Waals surface area contributed by atoms with Gasteiger partial charge in [0.2, 0.25) is 0 Å². The Labute approximate surface area is 165 Å². The van der Waals surface area contributed by atoms with Crippen LogP contribution in [0.4, 0.5) is 10.5 Å². The second-order valence-electron chi connectivity index (χ2n) is 7.61. The Morgan fingerprint density at radius 2 is 1.89 bits per heavy atom. The topological polar surface area (TPSA) is 50.2 Å². The van der Waals surface area contributed by atoms with Crippen LogP contribution in [0.1, 0.15) is 41.3 Å². The first-order valence-electron chi connectivity index (χ1n) is 10.0. The average Bonchev–Trinajstić information content (AvgIpc) is 3.34. The Bertz CT molecular complexity index is 995. The molecule has 142 valence electrons. The van der Waals surface area contributed by atoms with E-state index in [4.69, 9.17) is 0 Å². The molecule has 0 bridgehead atoms. The summed E-state index contributed by atoms with van der Waals surface area (Å²) in [5.74, 6) is 0. The maximum atomic E-state index is 13.0. The third-order valence-electron chi connectivity index (χ3n) is 5.87. The van der Waals surface area contributed by atoms with Crippen molar-refractivity contribution in [2.75, 3.05) is 11.4 Å². The number of carbonyl (C=O) groups excluding carboxylic acids is 1. The van der Waals surface area contributed by atoms with Crippen LogP contribution in [0.2, 0.25) is 0 Å². The van der Waals surface area contributed by atoms with Gasteiger partial charge in [0.05, 0.1) is 18.8 Å². The number of fused-ring (bicyclic) bond motifs is 2. The minimum atomic E-state index is -0.00129. The number of urea groups is 1. The zero-order chi connectivity index (χ0) is 18.9. The van der Waals surface area contributed by atoms with Crippen LogP contribution in [0.3, 0.4) is 0 Å². The van der Waals surface area contributed by atoms with Gasteiger partial charge in [-0.25, -0.2) is 4.79 Å². The van der Waals surface area contributed by atoms with E-state index in [1.54, 1.807) is 0 Å². The lowest BCUT2D eigenvalue weighted by Crippen LogP contribution is -2.41. The highest BCUT2D eigenvalue weighted by Crippen LogP contribution is 2.32. The highest BCUT2D eigenvalue weighted by Gasteiger charge is 2.29. The number of carbonyl (C=O) groups is 1. The van der Waals surface area contributed by atoms with Gasteiger partial charge in [0.25, 0.3) is 0 Å². The fourth-order valence-electron chi connectivity index (χ4n) is 4.44. The molecule has 0 fully saturated rings. The Hall–Kier alpha value is -3.08. The minimum Gasteiger partial charge on any atom is -0.331 e. The van der Waals surface area contributed by atoms with E-state index in [-0.39, 0.29) is 12.1 Å². The summed E-state index contributed by atoms with van der Waals surface area (Å²) in [7, 11) is 0. The molecule has 1 unspecified atom stereocenters. The summed E-state index contributed by atoms with van der Waals surface area (Å²) < 4.78 is 2.09. The number of hydrogen-bond donors (Lipinski definition) is 1. The fourth-order valence-corrected chi connectivity index (χ4v) is 4.44. The van der Waals surface area contributed by atoms with Crippen molar-refractivity contribution in [3.8, 4) is 0 Å². The molecule has 5 heteroatoms. The van der Waals surface area contributed by atoms with Crippen molar-refractivity contribution in [1.29, 1.82) is 0 Å². The monoisotopic (exact) mass is 372 g/mol. The minimum absolute atomic E-state index is 0.00129. The van der Waals surface area contributed by atoms with Crippen molar-refractivity contribution in [2.45, 2.75) is 38.3 Å². The van der Waals surface area contributed by atoms with E-state index in [0.717, 1.165) is 44.5 Å². The molecule has 5 nitrogen and oxygen atoms in total. The predicted molar refractivity (Wildman–Crippen MR) is 109 cm³/mol. The largest absolute Gasteiger partial charge is 0.331 e. The summed E-state index contributed by atoms with van der Waals surface area (Å²) in [4.78, 5) is 14.8. The van der Waals surface area contributed by atoms with Crippen LogP contribution in [0, 0.1) is 0 Å². The fraction of sp³-hybridized carbons (Fsp3) is 0.304. The smallest absolute Gasteiger partial charge is 0.322 e. The van der Waals surface area contributed by atoms with Gasteiger partial charge in [-0.15, -0.1) is 0 Å². The highest BCUT2D eigenvalue weighted by molar-refractivity contribution is 5.94. The van der Waals surface area contributed by atoms with E-state index in [1.165, 1.54) is 22.4 Å². The summed E-state index contributed by atoms with van der Waals surface area (Å²) in [6, 6.07) is 18.6. The first kappa shape index (κ1) is 17.0. The van der Waals surface area contributed by atoms with Gasteiger partial charge < -0.3 is 5.32 Å². The lowest BCUT2D eigenvalue weighted by Gasteiger charge is -2.27. The zero-order valence-corrected chi connectivity index (χ0v) is 15.8. The first-order valence-corrected chi connectivity index (χ1v) is 10.0. The molecule has 0 saturated carbocycles. The molecule has 2 amide bonds. The highest BCUT2D eigenvalue weighted by atomic mass is 16.2. The van der Waals surface area contributed by atoms with Gasteiger partial charge in [0.1, 0.15) is 0 Å². The van der Waals surface area contributed by atoms with E-state index in [0.29, 0.717) is 0 Å². The van der Waals surface area contributed by atoms with Crippen molar-refractivity contribution >= 4 is 11.7 Å². The van der Waals surface area contributed by atoms with Crippen LogP contribution in [0.15, 0.2) is 60.8 Å². The molecular formula is C23H24N4O. The summed E-state index contributed by atoms with van der Waals surface area (Å²) in [5, 5.41) is 7.90. The molecule has 2 heterocycles. The van der Waals surface area contributed by atoms with Crippen LogP contribution in [-0.2, 0) is 19.4 Å². The number of anilines is 1. The second-order valence-corrected chi connectivity index (χ2v) is 7.61. The summed E-state index contributed by atoms with van der Waals surface area (Å²) in [6.07, 6.45) is 5.91. The van der Waals surface area contributed by atoms with Crippen LogP contribution >= 0.6 is 0 Å². The normalized spacial score (nSPS) is 17.9. The number of rotatable bonds is 3. The van der Waals surface area contributed by atoms with Crippen molar-refractivity contribution in [3.63, 3.8) is 0 Å². The molecule has 5 rings (SSSR count). The number of hydrogen-bond acceptors (Lipinski definition) is 2. The lowest BCUT2D eigenvalue weighted by molar-refractivity contribution is 0.241. The molecule has 2 aromatic carbocycles. The quantitative estimate of drug-likeness (QED) is 0.753. The van der Waals surface area contributed by atoms with Crippen LogP contribution in [-0.4, -0.2) is 22.4 Å². The van der Waals surface area contributed by atoms with E-state index < -0.39 is 0 Å². The van der Waals surface area contributed by atoms with Crippen LogP contribution in [0.5, 0.6) is 0 Å². The zero-order valence-electron chi connectivity index (χ0n) is 15.8. The number of nitrogens with one attached hydrogen (secondary N) is 1.